The van der Waals surface area contributed by atoms with Gasteiger partial charge in [-0.1, -0.05) is 19.1 Å². The molecule has 0 saturated carbocycles. The Morgan fingerprint density at radius 2 is 2.08 bits per heavy atom. The van der Waals surface area contributed by atoms with Gasteiger partial charge in [-0.2, -0.15) is 0 Å². The van der Waals surface area contributed by atoms with E-state index in [2.05, 4.69) is 34.6 Å². The zero-order valence-electron chi connectivity index (χ0n) is 15.0. The average Bonchev–Trinajstić information content (AvgIpc) is 2.62. The molecule has 7 heteroatoms. The van der Waals surface area contributed by atoms with Crippen LogP contribution in [0.4, 0.5) is 5.69 Å². The molecule has 1 aromatic rings. The van der Waals surface area contributed by atoms with Gasteiger partial charge in [0.1, 0.15) is 6.73 Å². The first kappa shape index (κ1) is 20.9. The Morgan fingerprint density at radius 3 is 2.64 bits per heavy atom. The van der Waals surface area contributed by atoms with Gasteiger partial charge in [-0.25, -0.2) is 0 Å². The van der Waals surface area contributed by atoms with Crippen molar-refractivity contribution in [3.05, 3.63) is 29.8 Å². The number of nitrogens with zero attached hydrogens (tertiary/aromatic N) is 1. The first-order valence-electron chi connectivity index (χ1n) is 8.59. The number of nitrogens with one attached hydrogen (secondary N) is 2. The summed E-state index contributed by atoms with van der Waals surface area (Å²) in [5.74, 6) is -0.863. The van der Waals surface area contributed by atoms with Crippen LogP contribution in [-0.4, -0.2) is 61.9 Å². The molecule has 1 aromatic carbocycles. The van der Waals surface area contributed by atoms with E-state index in [9.17, 15) is 9.59 Å². The Morgan fingerprint density at radius 1 is 1.36 bits per heavy atom. The molecule has 0 aromatic heterocycles. The van der Waals surface area contributed by atoms with Crippen LogP contribution in [0, 0.1) is 0 Å². The molecule has 0 aliphatic rings. The van der Waals surface area contributed by atoms with Crippen molar-refractivity contribution in [3.63, 3.8) is 0 Å². The van der Waals surface area contributed by atoms with Gasteiger partial charge in [0, 0.05) is 25.3 Å². The van der Waals surface area contributed by atoms with E-state index in [0.717, 1.165) is 31.5 Å². The van der Waals surface area contributed by atoms with Crippen molar-refractivity contribution >= 4 is 18.1 Å². The van der Waals surface area contributed by atoms with Crippen molar-refractivity contribution in [2.24, 2.45) is 0 Å². The van der Waals surface area contributed by atoms with E-state index < -0.39 is 5.97 Å². The molecule has 0 aliphatic carbocycles. The van der Waals surface area contributed by atoms with Crippen molar-refractivity contribution < 1.29 is 19.4 Å². The van der Waals surface area contributed by atoms with E-state index >= 15 is 0 Å². The number of rotatable bonds is 14. The zero-order chi connectivity index (χ0) is 18.5. The Kier molecular flexibility index (Phi) is 10.3. The van der Waals surface area contributed by atoms with Gasteiger partial charge in [-0.05, 0) is 43.5 Å². The summed E-state index contributed by atoms with van der Waals surface area (Å²) >= 11 is 0. The van der Waals surface area contributed by atoms with Crippen LogP contribution in [0.2, 0.25) is 0 Å². The minimum absolute atomic E-state index is 0.0418. The predicted octanol–water partition coefficient (Wildman–Crippen LogP) is 1.55. The van der Waals surface area contributed by atoms with Crippen LogP contribution >= 0.6 is 0 Å². The van der Waals surface area contributed by atoms with Crippen LogP contribution < -0.4 is 10.6 Å². The number of ether oxygens (including phenoxy) is 1. The summed E-state index contributed by atoms with van der Waals surface area (Å²) in [5, 5.41) is 14.6. The zero-order valence-corrected chi connectivity index (χ0v) is 15.0. The van der Waals surface area contributed by atoms with E-state index in [1.165, 1.54) is 5.56 Å². The first-order valence-corrected chi connectivity index (χ1v) is 8.59. The van der Waals surface area contributed by atoms with Crippen LogP contribution in [-0.2, 0) is 20.7 Å². The molecular weight excluding hydrogens is 322 g/mol. The lowest BCUT2D eigenvalue weighted by Gasteiger charge is -2.30. The molecule has 25 heavy (non-hydrogen) atoms. The molecule has 1 rings (SSSR count). The van der Waals surface area contributed by atoms with Crippen LogP contribution in [0.5, 0.6) is 0 Å². The van der Waals surface area contributed by atoms with Gasteiger partial charge < -0.3 is 20.5 Å². The second-order valence-corrected chi connectivity index (χ2v) is 5.84. The molecule has 140 valence electrons. The quantitative estimate of drug-likeness (QED) is 0.266. The smallest absolute Gasteiger partial charge is 0.317 e. The third-order valence-corrected chi connectivity index (χ3v) is 4.09. The molecular formula is C18H29N3O4. The van der Waals surface area contributed by atoms with Crippen LogP contribution in [0.15, 0.2) is 24.3 Å². The number of hydrogen-bond donors (Lipinski definition) is 3. The molecule has 0 radical (unpaired) electrons. The fraction of sp³-hybridized carbons (Fsp3) is 0.556. The highest BCUT2D eigenvalue weighted by Gasteiger charge is 2.17. The summed E-state index contributed by atoms with van der Waals surface area (Å²) in [6, 6.07) is 8.54. The third-order valence-electron chi connectivity index (χ3n) is 4.09. The fourth-order valence-electron chi connectivity index (χ4n) is 2.69. The molecule has 0 fully saturated rings. The number of carbonyl (C=O) groups is 2. The number of anilines is 1. The molecule has 0 amide bonds. The van der Waals surface area contributed by atoms with Crippen molar-refractivity contribution in [2.45, 2.75) is 32.2 Å². The number of carbonyl (C=O) groups excluding carboxylic acids is 1. The molecule has 0 bridgehead atoms. The molecule has 0 saturated heterocycles. The van der Waals surface area contributed by atoms with E-state index in [-0.39, 0.29) is 19.3 Å². The molecule has 1 atom stereocenters. The summed E-state index contributed by atoms with van der Waals surface area (Å²) in [4.78, 5) is 23.2. The van der Waals surface area contributed by atoms with Gasteiger partial charge in [0.2, 0.25) is 0 Å². The van der Waals surface area contributed by atoms with E-state index in [1.807, 2.05) is 19.2 Å². The van der Waals surface area contributed by atoms with Gasteiger partial charge in [-0.3, -0.25) is 14.5 Å². The van der Waals surface area contributed by atoms with Crippen LogP contribution in [0.1, 0.15) is 25.3 Å². The second-order valence-electron chi connectivity index (χ2n) is 5.84. The van der Waals surface area contributed by atoms with Crippen molar-refractivity contribution in [1.29, 1.82) is 0 Å². The van der Waals surface area contributed by atoms with E-state index in [0.29, 0.717) is 13.0 Å². The molecule has 7 nitrogen and oxygen atoms in total. The van der Waals surface area contributed by atoms with Gasteiger partial charge in [-0.15, -0.1) is 0 Å². The SMILES string of the molecule is CCC(Cc1ccc(NC)cc1)N(CCCNCC(=O)O)COC=O. The lowest BCUT2D eigenvalue weighted by atomic mass is 10.0. The lowest BCUT2D eigenvalue weighted by molar-refractivity contribution is -0.136. The number of aliphatic carboxylic acids is 1. The highest BCUT2D eigenvalue weighted by atomic mass is 16.5. The Hall–Kier alpha value is -2.12. The fourth-order valence-corrected chi connectivity index (χ4v) is 2.69. The van der Waals surface area contributed by atoms with Gasteiger partial charge in [0.05, 0.1) is 6.54 Å². The van der Waals surface area contributed by atoms with E-state index in [1.54, 1.807) is 0 Å². The molecule has 3 N–H and O–H groups in total. The molecule has 0 spiro atoms. The van der Waals surface area contributed by atoms with Crippen LogP contribution in [0.3, 0.4) is 0 Å². The largest absolute Gasteiger partial charge is 0.480 e. The Balaban J connectivity index is 2.58. The third kappa shape index (κ3) is 8.51. The maximum atomic E-state index is 10.6. The number of benzene rings is 1. The van der Waals surface area contributed by atoms with Crippen molar-refractivity contribution in [2.75, 3.05) is 38.7 Å². The second kappa shape index (κ2) is 12.3. The van der Waals surface area contributed by atoms with Gasteiger partial charge in [0.25, 0.3) is 6.47 Å². The van der Waals surface area contributed by atoms with Crippen molar-refractivity contribution in [1.82, 2.24) is 10.2 Å². The summed E-state index contributed by atoms with van der Waals surface area (Å²) < 4.78 is 4.97. The summed E-state index contributed by atoms with van der Waals surface area (Å²) in [7, 11) is 1.89. The minimum Gasteiger partial charge on any atom is -0.480 e. The highest BCUT2D eigenvalue weighted by Crippen LogP contribution is 2.15. The van der Waals surface area contributed by atoms with E-state index in [4.69, 9.17) is 9.84 Å². The van der Waals surface area contributed by atoms with Gasteiger partial charge >= 0.3 is 5.97 Å². The predicted molar refractivity (Wildman–Crippen MR) is 97.6 cm³/mol. The monoisotopic (exact) mass is 351 g/mol. The number of carboxylic acid groups (broad SMARTS) is 1. The summed E-state index contributed by atoms with van der Waals surface area (Å²) in [6.07, 6.45) is 2.58. The molecule has 0 aliphatic heterocycles. The van der Waals surface area contributed by atoms with Gasteiger partial charge in [0.15, 0.2) is 0 Å². The minimum atomic E-state index is -0.863. The molecule has 1 unspecified atom stereocenters. The number of hydrogen-bond acceptors (Lipinski definition) is 6. The van der Waals surface area contributed by atoms with Crippen LogP contribution in [0.25, 0.3) is 0 Å². The standard InChI is InChI=1S/C18H29N3O4/c1-3-17(11-15-5-7-16(19-2)8-6-15)21(13-25-14-22)10-4-9-20-12-18(23)24/h5-8,14,17,19-20H,3-4,9-13H2,1-2H3,(H,23,24). The normalized spacial score (nSPS) is 12.0. The average molecular weight is 351 g/mol. The number of carboxylic acids is 1. The maximum Gasteiger partial charge on any atom is 0.317 e. The Labute approximate surface area is 149 Å². The van der Waals surface area contributed by atoms with Crippen molar-refractivity contribution in [3.8, 4) is 0 Å². The Bertz CT molecular complexity index is 508. The topological polar surface area (TPSA) is 90.9 Å². The highest BCUT2D eigenvalue weighted by molar-refractivity contribution is 5.68. The maximum absolute atomic E-state index is 10.6. The lowest BCUT2D eigenvalue weighted by Crippen LogP contribution is -2.40. The summed E-state index contributed by atoms with van der Waals surface area (Å²) in [6.45, 7) is 4.12. The first-order chi connectivity index (χ1) is 12.1. The summed E-state index contributed by atoms with van der Waals surface area (Å²) in [5.41, 5.74) is 2.30. The molecule has 0 heterocycles.